The quantitative estimate of drug-likeness (QED) is 0.0640. The van der Waals surface area contributed by atoms with Gasteiger partial charge in [-0.1, -0.05) is 161 Å². The summed E-state index contributed by atoms with van der Waals surface area (Å²) >= 11 is 0. The summed E-state index contributed by atoms with van der Waals surface area (Å²) in [4.78, 5) is -1.31. The van der Waals surface area contributed by atoms with Crippen LogP contribution in [0.25, 0.3) is 36.5 Å². The Kier molecular flexibility index (Phi) is 46.9. The number of ether oxygens (including phenoxy) is 1. The van der Waals surface area contributed by atoms with Crippen molar-refractivity contribution in [2.45, 2.75) is 36.0 Å². The van der Waals surface area contributed by atoms with Crippen LogP contribution in [0, 0.1) is 0 Å². The number of quaternary nitrogens is 2. The second-order valence-electron chi connectivity index (χ2n) is 18.0. The van der Waals surface area contributed by atoms with Gasteiger partial charge in [-0.25, -0.2) is 50.5 Å². The molecule has 7 aromatic carbocycles. The molecule has 0 aromatic heterocycles. The molecule has 4 N–H and O–H groups in total. The van der Waals surface area contributed by atoms with Crippen LogP contribution in [-0.4, -0.2) is 110 Å². The van der Waals surface area contributed by atoms with Crippen LogP contribution in [0.5, 0.6) is 5.75 Å². The zero-order valence-corrected chi connectivity index (χ0v) is 61.3. The van der Waals surface area contributed by atoms with E-state index in [2.05, 4.69) is 67.7 Å². The Hall–Kier alpha value is -4.01. The molecule has 0 saturated carbocycles. The Labute approximate surface area is 619 Å². The molecule has 0 fully saturated rings. The predicted octanol–water partition coefficient (Wildman–Crippen LogP) is -2.30. The monoisotopic (exact) mass is 1370 g/mol. The maximum Gasteiger partial charge on any atom is 1.00 e. The maximum atomic E-state index is 10.8. The van der Waals surface area contributed by atoms with Crippen LogP contribution in [0.1, 0.15) is 38.9 Å². The summed E-state index contributed by atoms with van der Waals surface area (Å²) in [5, 5.41) is 0. The Morgan fingerprint density at radius 1 is 0.322 bits per heavy atom. The molecule has 0 aliphatic carbocycles. The van der Waals surface area contributed by atoms with Crippen LogP contribution in [0.4, 0.5) is 0 Å². The van der Waals surface area contributed by atoms with E-state index >= 15 is 0 Å². The van der Waals surface area contributed by atoms with Crippen molar-refractivity contribution < 1.29 is 206 Å². The van der Waals surface area contributed by atoms with E-state index in [0.717, 1.165) is 43.4 Å². The molecule has 0 radical (unpaired) electrons. The van der Waals surface area contributed by atoms with Gasteiger partial charge in [0.1, 0.15) is 73.1 Å². The first kappa shape index (κ1) is 94.7. The number of hydrogen-bond acceptors (Lipinski definition) is 19. The minimum Gasteiger partial charge on any atom is -0.744 e. The van der Waals surface area contributed by atoms with Crippen LogP contribution in [-0.2, 0) is 67.3 Å². The average molecular weight is 1370 g/mol. The van der Waals surface area contributed by atoms with Crippen molar-refractivity contribution in [3.05, 3.63) is 248 Å². The van der Waals surface area contributed by atoms with Gasteiger partial charge < -0.3 is 42.7 Å². The van der Waals surface area contributed by atoms with Gasteiger partial charge in [0.05, 0.1) is 57.6 Å². The molecule has 0 bridgehead atoms. The first-order chi connectivity index (χ1) is 39.2. The van der Waals surface area contributed by atoms with Gasteiger partial charge in [-0.05, 0) is 124 Å². The van der Waals surface area contributed by atoms with E-state index in [9.17, 15) is 77.8 Å². The van der Waals surface area contributed by atoms with Gasteiger partial charge in [-0.3, -0.25) is 0 Å². The van der Waals surface area contributed by atoms with E-state index in [-0.39, 0.29) is 154 Å². The van der Waals surface area contributed by atoms with Crippen LogP contribution in [0.2, 0.25) is 0 Å². The SMILES string of the molecule is C=Cc1ccc(OCc2ccc(S(=O)(=O)[O-])cc2)cc1.C=Cc1ccc(S(=O)(=O)[O-])cc1.C=Cc1ccc(S(=O)(=O)[O-])cc1.C=Cc1ccc(S(=O)(=O)[O-])cc1.C=Cc1ccc(S(=O)(=O)[O-])cc1.C=Cc1ccc(S(=O)(=O)[O-])cc1.C[N+](C)(C)C.[K+].[Li+].[Li+].[NH4+].[Na+]. The van der Waals surface area contributed by atoms with Crippen molar-refractivity contribution in [2.24, 2.45) is 0 Å². The zero-order chi connectivity index (χ0) is 65.0. The number of rotatable bonds is 15. The summed E-state index contributed by atoms with van der Waals surface area (Å²) < 4.78 is 196. The van der Waals surface area contributed by atoms with Gasteiger partial charge in [0.2, 0.25) is 0 Å². The Bertz CT molecular complexity index is 3590. The average Bonchev–Trinajstić information content (AvgIpc) is 3.44. The van der Waals surface area contributed by atoms with Crippen molar-refractivity contribution in [1.29, 1.82) is 0 Å². The second kappa shape index (κ2) is 44.6. The molecule has 0 amide bonds. The minimum absolute atomic E-state index is 0. The van der Waals surface area contributed by atoms with E-state index in [1.165, 1.54) is 133 Å². The topological polar surface area (TPSA) is 389 Å². The molecule has 0 atom stereocenters. The van der Waals surface area contributed by atoms with Crippen LogP contribution in [0.15, 0.2) is 239 Å². The summed E-state index contributed by atoms with van der Waals surface area (Å²) in [5.74, 6) is 0.705. The maximum absolute atomic E-state index is 10.8. The molecule has 0 unspecified atom stereocenters. The van der Waals surface area contributed by atoms with Crippen molar-refractivity contribution in [2.75, 3.05) is 28.2 Å². The molecule has 464 valence electrons. The molecule has 0 aliphatic heterocycles. The van der Waals surface area contributed by atoms with Gasteiger partial charge in [0, 0.05) is 0 Å². The van der Waals surface area contributed by atoms with Gasteiger partial charge in [0.15, 0.2) is 0 Å². The van der Waals surface area contributed by atoms with Crippen molar-refractivity contribution in [1.82, 2.24) is 6.15 Å². The fourth-order valence-electron chi connectivity index (χ4n) is 5.47. The minimum atomic E-state index is -4.39. The Morgan fingerprint density at radius 2 is 0.456 bits per heavy atom. The molecule has 21 nitrogen and oxygen atoms in total. The first-order valence-electron chi connectivity index (χ1n) is 23.8. The molecular formula is C59H64KLi2N2NaO19S6. The van der Waals surface area contributed by atoms with E-state index in [0.29, 0.717) is 12.4 Å². The van der Waals surface area contributed by atoms with E-state index in [4.69, 9.17) is 4.74 Å². The van der Waals surface area contributed by atoms with E-state index in [1.807, 2.05) is 24.3 Å². The number of hydrogen-bond donors (Lipinski definition) is 1. The predicted molar refractivity (Wildman–Crippen MR) is 328 cm³/mol. The molecule has 90 heavy (non-hydrogen) atoms. The van der Waals surface area contributed by atoms with Gasteiger partial charge in [-0.15, -0.1) is 0 Å². The number of benzene rings is 7. The standard InChI is InChI=1S/C15H14O4S.5C8H8O3S.C4H12N.K.2Li.H3N.Na/c1-2-12-3-7-14(8-4-12)19-11-13-5-9-15(10-6-13)20(16,17)18;5*1-2-7-3-5-8(6-4-7)12(9,10)11;1-5(2,3)4;;;;;/h2-10H,1,11H2,(H,16,17,18);5*2-6H,1H2,(H,9,10,11);1-4H3;;;;1H3;/q;;;;;;4*+1;;+1/p-5. The summed E-state index contributed by atoms with van der Waals surface area (Å²) in [6.07, 6.45) is 9.60. The molecule has 0 heterocycles. The third-order valence-electron chi connectivity index (χ3n) is 9.76. The Balaban J connectivity index is -0.000000316. The molecule has 0 saturated heterocycles. The van der Waals surface area contributed by atoms with Crippen LogP contribution < -0.4 is 130 Å². The summed E-state index contributed by atoms with van der Waals surface area (Å²) in [5.41, 5.74) is 5.68. The largest absolute Gasteiger partial charge is 1.00 e. The summed E-state index contributed by atoms with van der Waals surface area (Å²) in [6.45, 7) is 21.4. The third-order valence-corrected chi connectivity index (χ3v) is 14.9. The van der Waals surface area contributed by atoms with Crippen LogP contribution in [0.3, 0.4) is 0 Å². The Morgan fingerprint density at radius 3 is 0.589 bits per heavy atom. The van der Waals surface area contributed by atoms with Gasteiger partial charge >= 0.3 is 119 Å². The normalized spacial score (nSPS) is 10.5. The smallest absolute Gasteiger partial charge is 0.744 e. The fourth-order valence-corrected chi connectivity index (χ4v) is 8.29. The molecule has 0 spiro atoms. The fraction of sp³-hybridized carbons (Fsp3) is 0.0847. The van der Waals surface area contributed by atoms with Crippen molar-refractivity contribution in [3.8, 4) is 5.75 Å². The zero-order valence-electron chi connectivity index (χ0n) is 51.2. The van der Waals surface area contributed by atoms with Crippen LogP contribution >= 0.6 is 0 Å². The van der Waals surface area contributed by atoms with Gasteiger partial charge in [-0.2, -0.15) is 0 Å². The molecule has 0 aliphatic rings. The van der Waals surface area contributed by atoms with Gasteiger partial charge in [0.25, 0.3) is 0 Å². The molecule has 7 aromatic rings. The van der Waals surface area contributed by atoms with E-state index < -0.39 is 60.7 Å². The molecule has 31 heteroatoms. The molecular weight excluding hydrogens is 1310 g/mol. The molecule has 7 rings (SSSR count). The third kappa shape index (κ3) is 40.9. The van der Waals surface area contributed by atoms with Crippen molar-refractivity contribution in [3.63, 3.8) is 0 Å². The number of nitrogens with zero attached hydrogens (tertiary/aromatic N) is 1. The van der Waals surface area contributed by atoms with E-state index in [1.54, 1.807) is 48.6 Å². The first-order valence-corrected chi connectivity index (χ1v) is 32.2. The summed E-state index contributed by atoms with van der Waals surface area (Å²) in [6, 6.07) is 41.0. The summed E-state index contributed by atoms with van der Waals surface area (Å²) in [7, 11) is -17.5. The second-order valence-corrected chi connectivity index (χ2v) is 26.3. The van der Waals surface area contributed by atoms with Crippen molar-refractivity contribution >= 4 is 97.2 Å².